The van der Waals surface area contributed by atoms with Crippen LogP contribution in [0.1, 0.15) is 33.6 Å². The first kappa shape index (κ1) is 14.8. The van der Waals surface area contributed by atoms with Gasteiger partial charge in [-0.25, -0.2) is 4.79 Å². The molecule has 1 aliphatic heterocycles. The van der Waals surface area contributed by atoms with Crippen molar-refractivity contribution in [1.29, 1.82) is 0 Å². The van der Waals surface area contributed by atoms with E-state index in [0.717, 1.165) is 0 Å². The Kier molecular flexibility index (Phi) is 4.56. The van der Waals surface area contributed by atoms with Gasteiger partial charge in [0, 0.05) is 19.1 Å². The van der Waals surface area contributed by atoms with Gasteiger partial charge in [-0.15, -0.1) is 0 Å². The number of hydrogen-bond donors (Lipinski definition) is 2. The highest BCUT2D eigenvalue weighted by atomic mass is 16.6. The number of carbonyl (C=O) groups is 2. The van der Waals surface area contributed by atoms with E-state index in [-0.39, 0.29) is 0 Å². The molecule has 0 spiro atoms. The summed E-state index contributed by atoms with van der Waals surface area (Å²) in [5, 5.41) is 9.03. The molecule has 1 amide bonds. The first-order valence-electron chi connectivity index (χ1n) is 6.17. The monoisotopic (exact) mass is 258 g/mol. The maximum Gasteiger partial charge on any atom is 0.410 e. The van der Waals surface area contributed by atoms with Crippen LogP contribution in [0.3, 0.4) is 0 Å². The van der Waals surface area contributed by atoms with Gasteiger partial charge in [-0.05, 0) is 33.6 Å². The number of nitrogens with zero attached hydrogens (tertiary/aromatic N) is 1. The quantitative estimate of drug-likeness (QED) is 0.733. The Bertz CT molecular complexity index is 325. The second-order valence-corrected chi connectivity index (χ2v) is 5.65. The summed E-state index contributed by atoms with van der Waals surface area (Å²) in [4.78, 5) is 24.4. The lowest BCUT2D eigenvalue weighted by Crippen LogP contribution is -2.37. The maximum absolute atomic E-state index is 11.9. The number of nitrogens with two attached hydrogens (primary N) is 1. The Balaban J connectivity index is 2.61. The van der Waals surface area contributed by atoms with Crippen molar-refractivity contribution in [3.8, 4) is 0 Å². The van der Waals surface area contributed by atoms with Gasteiger partial charge in [0.2, 0.25) is 0 Å². The van der Waals surface area contributed by atoms with Crippen molar-refractivity contribution in [1.82, 2.24) is 4.90 Å². The van der Waals surface area contributed by atoms with Gasteiger partial charge >= 0.3 is 12.1 Å². The summed E-state index contributed by atoms with van der Waals surface area (Å²) >= 11 is 0. The van der Waals surface area contributed by atoms with Crippen LogP contribution in [-0.4, -0.2) is 46.8 Å². The largest absolute Gasteiger partial charge is 0.481 e. The third-order valence-electron chi connectivity index (χ3n) is 2.93. The molecule has 1 fully saturated rings. The van der Waals surface area contributed by atoms with Gasteiger partial charge in [-0.3, -0.25) is 4.79 Å². The lowest BCUT2D eigenvalue weighted by atomic mass is 9.96. The van der Waals surface area contributed by atoms with Crippen LogP contribution in [0.25, 0.3) is 0 Å². The van der Waals surface area contributed by atoms with Crippen LogP contribution in [-0.2, 0) is 9.53 Å². The Morgan fingerprint density at radius 3 is 2.33 bits per heavy atom. The van der Waals surface area contributed by atoms with Crippen LogP contribution >= 0.6 is 0 Å². The molecule has 6 heteroatoms. The fourth-order valence-corrected chi connectivity index (χ4v) is 1.94. The molecule has 0 radical (unpaired) electrons. The highest BCUT2D eigenvalue weighted by Gasteiger charge is 2.32. The first-order valence-corrected chi connectivity index (χ1v) is 6.17. The molecular weight excluding hydrogens is 236 g/mol. The second kappa shape index (κ2) is 5.56. The number of carboxylic acid groups (broad SMARTS) is 1. The second-order valence-electron chi connectivity index (χ2n) is 5.65. The van der Waals surface area contributed by atoms with Crippen molar-refractivity contribution in [3.05, 3.63) is 0 Å². The summed E-state index contributed by atoms with van der Waals surface area (Å²) in [6, 6.07) is -0.407. The molecule has 1 heterocycles. The van der Waals surface area contributed by atoms with Gasteiger partial charge in [0.25, 0.3) is 0 Å². The Hall–Kier alpha value is -1.30. The Morgan fingerprint density at radius 2 is 1.83 bits per heavy atom. The lowest BCUT2D eigenvalue weighted by molar-refractivity contribution is -0.142. The van der Waals surface area contributed by atoms with Crippen molar-refractivity contribution >= 4 is 12.1 Å². The van der Waals surface area contributed by atoms with Crippen LogP contribution in [0.5, 0.6) is 0 Å². The van der Waals surface area contributed by atoms with Gasteiger partial charge < -0.3 is 20.5 Å². The van der Waals surface area contributed by atoms with E-state index in [0.29, 0.717) is 25.9 Å². The van der Waals surface area contributed by atoms with Gasteiger partial charge in [0.15, 0.2) is 0 Å². The van der Waals surface area contributed by atoms with E-state index in [1.807, 2.05) is 0 Å². The van der Waals surface area contributed by atoms with E-state index in [9.17, 15) is 9.59 Å². The number of aliphatic carboxylic acids is 1. The van der Waals surface area contributed by atoms with Crippen molar-refractivity contribution in [2.45, 2.75) is 45.3 Å². The topological polar surface area (TPSA) is 92.9 Å². The molecule has 0 aromatic carbocycles. The fourth-order valence-electron chi connectivity index (χ4n) is 1.94. The summed E-state index contributed by atoms with van der Waals surface area (Å²) in [7, 11) is 0. The molecule has 0 bridgehead atoms. The molecule has 1 saturated heterocycles. The average Bonchev–Trinajstić information content (AvgIpc) is 2.37. The molecule has 104 valence electrons. The van der Waals surface area contributed by atoms with Crippen LogP contribution in [0, 0.1) is 5.92 Å². The summed E-state index contributed by atoms with van der Waals surface area (Å²) in [6.07, 6.45) is 0.451. The van der Waals surface area contributed by atoms with Crippen molar-refractivity contribution in [2.75, 3.05) is 13.1 Å². The summed E-state index contributed by atoms with van der Waals surface area (Å²) in [5.74, 6) is -1.48. The number of hydrogen-bond acceptors (Lipinski definition) is 4. The standard InChI is InChI=1S/C12H22N2O4/c1-12(2,3)18-11(17)14-6-4-8(10(15)16)9(13)5-7-14/h8-9H,4-7,13H2,1-3H3,(H,15,16)/t8-,9-/m0/s1. The number of amides is 1. The normalized spacial score (nSPS) is 25.4. The number of likely N-dealkylation sites (tertiary alicyclic amines) is 1. The molecule has 0 saturated carbocycles. The number of carbonyl (C=O) groups excluding carboxylic acids is 1. The van der Waals surface area contributed by atoms with E-state index in [2.05, 4.69) is 0 Å². The molecule has 1 rings (SSSR count). The van der Waals surface area contributed by atoms with Gasteiger partial charge in [0.1, 0.15) is 5.60 Å². The molecule has 0 unspecified atom stereocenters. The SMILES string of the molecule is CC(C)(C)OC(=O)N1CC[C@H](C(=O)O)[C@@H](N)CC1. The van der Waals surface area contributed by atoms with Crippen molar-refractivity contribution in [2.24, 2.45) is 11.7 Å². The van der Waals surface area contributed by atoms with Crippen LogP contribution in [0.2, 0.25) is 0 Å². The maximum atomic E-state index is 11.9. The minimum Gasteiger partial charge on any atom is -0.481 e. The third-order valence-corrected chi connectivity index (χ3v) is 2.93. The van der Waals surface area contributed by atoms with E-state index in [4.69, 9.17) is 15.6 Å². The Morgan fingerprint density at radius 1 is 1.28 bits per heavy atom. The molecule has 0 aliphatic carbocycles. The van der Waals surface area contributed by atoms with E-state index < -0.39 is 29.6 Å². The molecule has 18 heavy (non-hydrogen) atoms. The third kappa shape index (κ3) is 4.18. The van der Waals surface area contributed by atoms with Crippen molar-refractivity contribution < 1.29 is 19.4 Å². The van der Waals surface area contributed by atoms with E-state index in [1.165, 1.54) is 4.90 Å². The number of rotatable bonds is 1. The molecule has 1 aliphatic rings. The zero-order valence-electron chi connectivity index (χ0n) is 11.2. The zero-order chi connectivity index (χ0) is 13.9. The summed E-state index contributed by atoms with van der Waals surface area (Å²) in [6.45, 7) is 6.22. The van der Waals surface area contributed by atoms with Gasteiger partial charge in [-0.1, -0.05) is 0 Å². The molecule has 0 aromatic heterocycles. The summed E-state index contributed by atoms with van der Waals surface area (Å²) < 4.78 is 5.26. The van der Waals surface area contributed by atoms with Gasteiger partial charge in [-0.2, -0.15) is 0 Å². The predicted octanol–water partition coefficient (Wildman–Crippen LogP) is 1.05. The van der Waals surface area contributed by atoms with Crippen LogP contribution < -0.4 is 5.73 Å². The van der Waals surface area contributed by atoms with E-state index in [1.54, 1.807) is 20.8 Å². The van der Waals surface area contributed by atoms with Crippen molar-refractivity contribution in [3.63, 3.8) is 0 Å². The zero-order valence-corrected chi connectivity index (χ0v) is 11.2. The Labute approximate surface area is 107 Å². The minimum absolute atomic E-state index is 0.371. The van der Waals surface area contributed by atoms with E-state index >= 15 is 0 Å². The molecule has 0 aromatic rings. The average molecular weight is 258 g/mol. The van der Waals surface area contributed by atoms with Crippen LogP contribution in [0.15, 0.2) is 0 Å². The lowest BCUT2D eigenvalue weighted by Gasteiger charge is -2.26. The van der Waals surface area contributed by atoms with Gasteiger partial charge in [0.05, 0.1) is 5.92 Å². The molecule has 2 atom stereocenters. The van der Waals surface area contributed by atoms with Crippen LogP contribution in [0.4, 0.5) is 4.79 Å². The minimum atomic E-state index is -0.895. The first-order chi connectivity index (χ1) is 8.20. The molecule has 3 N–H and O–H groups in total. The summed E-state index contributed by atoms with van der Waals surface area (Å²) in [5.41, 5.74) is 5.27. The smallest absolute Gasteiger partial charge is 0.410 e. The predicted molar refractivity (Wildman–Crippen MR) is 66.1 cm³/mol. The highest BCUT2D eigenvalue weighted by Crippen LogP contribution is 2.19. The number of ether oxygens (including phenoxy) is 1. The molecule has 6 nitrogen and oxygen atoms in total. The fraction of sp³-hybridized carbons (Fsp3) is 0.833. The highest BCUT2D eigenvalue weighted by molar-refractivity contribution is 5.72. The number of carboxylic acids is 1. The molecular formula is C12H22N2O4.